The first-order chi connectivity index (χ1) is 27.1. The molecule has 1 unspecified atom stereocenters. The summed E-state index contributed by atoms with van der Waals surface area (Å²) in [5.41, 5.74) is 5.78. The Morgan fingerprint density at radius 1 is 0.661 bits per heavy atom. The average molecular weight is 771 g/mol. The van der Waals surface area contributed by atoms with E-state index in [1.54, 1.807) is 22.2 Å². The number of ether oxygens (including phenoxy) is 2. The molecule has 2 aromatic carbocycles. The van der Waals surface area contributed by atoms with Gasteiger partial charge in [-0.1, -0.05) is 96.0 Å². The van der Waals surface area contributed by atoms with Crippen LogP contribution in [0.15, 0.2) is 60.9 Å². The number of nitrogens with zero attached hydrogens (tertiary/aromatic N) is 4. The number of carbonyl (C=O) groups is 4. The molecule has 6 rings (SSSR count). The Morgan fingerprint density at radius 3 is 1.52 bits per heavy atom. The lowest BCUT2D eigenvalue weighted by Crippen LogP contribution is -2.46. The van der Waals surface area contributed by atoms with E-state index in [9.17, 15) is 19.2 Å². The number of hydrogen-bond acceptors (Lipinski definition) is 8. The molecule has 0 bridgehead atoms. The first kappa shape index (κ1) is 43.1. The van der Waals surface area contributed by atoms with Gasteiger partial charge in [-0.15, -0.1) is 0 Å². The van der Waals surface area contributed by atoms with E-state index < -0.39 is 12.2 Å². The Labute approximate surface area is 330 Å². The second-order valence-corrected chi connectivity index (χ2v) is 14.1. The summed E-state index contributed by atoms with van der Waals surface area (Å²) < 4.78 is 9.18. The Bertz CT molecular complexity index is 1850. The van der Waals surface area contributed by atoms with Gasteiger partial charge in [-0.05, 0) is 53.9 Å². The molecule has 0 radical (unpaired) electrons. The zero-order valence-electron chi connectivity index (χ0n) is 33.8. The SMILES string of the molecule is CCC.CCC.COC(=O)NCC(=O)N1C[C@@H](C)CCC1c1ncc(-c2ccc(-c3ccc(-c4cnc([C@@H]5CCCN5C(=O)CNC(=O)OC)[nH]4)cc3)cc2)[nH]1. The summed E-state index contributed by atoms with van der Waals surface area (Å²) in [6, 6.07) is 16.0. The molecular weight excluding hydrogens is 713 g/mol. The van der Waals surface area contributed by atoms with Gasteiger partial charge in [0.05, 0.1) is 50.1 Å². The van der Waals surface area contributed by atoms with Crippen LogP contribution in [-0.2, 0) is 19.1 Å². The van der Waals surface area contributed by atoms with Gasteiger partial charge in [0.25, 0.3) is 0 Å². The Balaban J connectivity index is 0.00000109. The fraction of sp³-hybridized carbons (Fsp3) is 0.476. The van der Waals surface area contributed by atoms with Gasteiger partial charge >= 0.3 is 12.2 Å². The molecule has 4 aromatic rings. The summed E-state index contributed by atoms with van der Waals surface area (Å²) in [5.74, 6) is 1.45. The van der Waals surface area contributed by atoms with Crippen LogP contribution in [0, 0.1) is 5.92 Å². The van der Waals surface area contributed by atoms with Crippen molar-refractivity contribution in [2.45, 2.75) is 85.2 Å². The summed E-state index contributed by atoms with van der Waals surface area (Å²) in [4.78, 5) is 68.3. The van der Waals surface area contributed by atoms with E-state index in [0.717, 1.165) is 71.0 Å². The molecule has 2 aliphatic heterocycles. The molecule has 2 aromatic heterocycles. The van der Waals surface area contributed by atoms with Gasteiger partial charge in [-0.2, -0.15) is 0 Å². The van der Waals surface area contributed by atoms with E-state index in [0.29, 0.717) is 19.0 Å². The van der Waals surface area contributed by atoms with Gasteiger partial charge in [0.15, 0.2) is 0 Å². The Morgan fingerprint density at radius 2 is 1.07 bits per heavy atom. The summed E-state index contributed by atoms with van der Waals surface area (Å²) in [5, 5.41) is 4.95. The number of piperidine rings is 1. The molecular formula is C42H58N8O6. The normalized spacial score (nSPS) is 17.4. The highest BCUT2D eigenvalue weighted by molar-refractivity contribution is 5.83. The molecule has 4 amide bonds. The topological polar surface area (TPSA) is 175 Å². The number of alkyl carbamates (subject to hydrolysis) is 2. The summed E-state index contributed by atoms with van der Waals surface area (Å²) in [7, 11) is 2.53. The van der Waals surface area contributed by atoms with Crippen molar-refractivity contribution in [1.29, 1.82) is 0 Å². The lowest BCUT2D eigenvalue weighted by Gasteiger charge is -2.37. The van der Waals surface area contributed by atoms with E-state index >= 15 is 0 Å². The second-order valence-electron chi connectivity index (χ2n) is 14.1. The Kier molecular flexibility index (Phi) is 16.5. The molecule has 302 valence electrons. The minimum Gasteiger partial charge on any atom is -0.453 e. The van der Waals surface area contributed by atoms with Crippen LogP contribution in [0.1, 0.15) is 96.9 Å². The zero-order valence-corrected chi connectivity index (χ0v) is 33.8. The molecule has 4 N–H and O–H groups in total. The molecule has 14 nitrogen and oxygen atoms in total. The van der Waals surface area contributed by atoms with Crippen molar-refractivity contribution >= 4 is 24.0 Å². The molecule has 2 saturated heterocycles. The van der Waals surface area contributed by atoms with Crippen molar-refractivity contribution in [1.82, 2.24) is 40.4 Å². The summed E-state index contributed by atoms with van der Waals surface area (Å²) >= 11 is 0. The smallest absolute Gasteiger partial charge is 0.407 e. The molecule has 3 atom stereocenters. The minimum absolute atomic E-state index is 0.123. The zero-order chi connectivity index (χ0) is 40.6. The van der Waals surface area contributed by atoms with Gasteiger partial charge in [0.2, 0.25) is 11.8 Å². The predicted molar refractivity (Wildman–Crippen MR) is 216 cm³/mol. The van der Waals surface area contributed by atoms with Gasteiger partial charge in [0.1, 0.15) is 24.7 Å². The molecule has 0 saturated carbocycles. The first-order valence-corrected chi connectivity index (χ1v) is 19.6. The van der Waals surface area contributed by atoms with Crippen molar-refractivity contribution in [3.05, 3.63) is 72.6 Å². The first-order valence-electron chi connectivity index (χ1n) is 19.6. The number of hydrogen-bond donors (Lipinski definition) is 4. The van der Waals surface area contributed by atoms with Crippen molar-refractivity contribution in [2.75, 3.05) is 40.4 Å². The van der Waals surface area contributed by atoms with Crippen molar-refractivity contribution in [3.8, 4) is 33.6 Å². The van der Waals surface area contributed by atoms with E-state index in [1.165, 1.54) is 27.1 Å². The molecule has 14 heteroatoms. The number of aromatic nitrogens is 4. The number of methoxy groups -OCH3 is 2. The van der Waals surface area contributed by atoms with Crippen molar-refractivity contribution < 1.29 is 28.7 Å². The van der Waals surface area contributed by atoms with Gasteiger partial charge < -0.3 is 39.9 Å². The third kappa shape index (κ3) is 11.4. The number of imidazole rings is 2. The standard InChI is InChI=1S/C36H42N8O6.2C3H8/c1-22-6-15-30(44(21-22)32(46)20-40-36(48)50-3)34-38-18-28(42-34)26-13-9-24(10-14-26)23-7-11-25(12-8-23)27-17-37-33(41-27)29-5-4-16-43(29)31(45)19-39-35(47)49-2;2*1-3-2/h7-14,17-18,22,29-30H,4-6,15-16,19-21H2,1-3H3,(H,37,41)(H,38,42)(H,39,47)(H,40,48);2*3H2,1-2H3/t22-,29-,30?;;/m0../s1. The third-order valence-electron chi connectivity index (χ3n) is 9.40. The maximum absolute atomic E-state index is 13.0. The predicted octanol–water partition coefficient (Wildman–Crippen LogP) is 7.64. The maximum Gasteiger partial charge on any atom is 0.407 e. The van der Waals surface area contributed by atoms with Crippen LogP contribution >= 0.6 is 0 Å². The van der Waals surface area contributed by atoms with Crippen LogP contribution in [0.2, 0.25) is 0 Å². The average Bonchev–Trinajstić information content (AvgIpc) is 4.02. The third-order valence-corrected chi connectivity index (χ3v) is 9.40. The largest absolute Gasteiger partial charge is 0.453 e. The summed E-state index contributed by atoms with van der Waals surface area (Å²) in [6.07, 6.45) is 8.21. The van der Waals surface area contributed by atoms with Crippen LogP contribution in [0.5, 0.6) is 0 Å². The van der Waals surface area contributed by atoms with Gasteiger partial charge in [0, 0.05) is 13.1 Å². The lowest BCUT2D eigenvalue weighted by molar-refractivity contribution is -0.135. The second kappa shape index (κ2) is 21.4. The number of H-pyrrole nitrogens is 2. The van der Waals surface area contributed by atoms with Gasteiger partial charge in [-0.3, -0.25) is 9.59 Å². The maximum atomic E-state index is 13.0. The highest BCUT2D eigenvalue weighted by Crippen LogP contribution is 2.34. The lowest BCUT2D eigenvalue weighted by atomic mass is 9.93. The number of likely N-dealkylation sites (tertiary alicyclic amines) is 2. The van der Waals surface area contributed by atoms with Crippen molar-refractivity contribution in [2.24, 2.45) is 5.92 Å². The molecule has 4 heterocycles. The molecule has 56 heavy (non-hydrogen) atoms. The monoisotopic (exact) mass is 770 g/mol. The number of benzene rings is 2. The fourth-order valence-electron chi connectivity index (χ4n) is 6.69. The van der Waals surface area contributed by atoms with Crippen LogP contribution in [0.3, 0.4) is 0 Å². The molecule has 0 aliphatic carbocycles. The van der Waals surface area contributed by atoms with Crippen molar-refractivity contribution in [3.63, 3.8) is 0 Å². The fourth-order valence-corrected chi connectivity index (χ4v) is 6.69. The Hall–Kier alpha value is -5.66. The van der Waals surface area contributed by atoms with Crippen LogP contribution in [0.25, 0.3) is 33.6 Å². The van der Waals surface area contributed by atoms with Gasteiger partial charge in [-0.25, -0.2) is 19.6 Å². The highest BCUT2D eigenvalue weighted by Gasteiger charge is 2.34. The van der Waals surface area contributed by atoms with Crippen LogP contribution in [0.4, 0.5) is 9.59 Å². The molecule has 2 fully saturated rings. The molecule has 2 aliphatic rings. The molecule has 0 spiro atoms. The number of carbonyl (C=O) groups excluding carboxylic acids is 4. The minimum atomic E-state index is -0.638. The van der Waals surface area contributed by atoms with E-state index in [-0.39, 0.29) is 37.0 Å². The van der Waals surface area contributed by atoms with E-state index in [2.05, 4.69) is 98.9 Å². The highest BCUT2D eigenvalue weighted by atomic mass is 16.5. The van der Waals surface area contributed by atoms with Crippen LogP contribution < -0.4 is 10.6 Å². The number of nitrogens with one attached hydrogen (secondary N) is 4. The number of rotatable bonds is 9. The summed E-state index contributed by atoms with van der Waals surface area (Å²) in [6.45, 7) is 11.6. The van der Waals surface area contributed by atoms with E-state index in [1.807, 2.05) is 24.3 Å². The van der Waals surface area contributed by atoms with Crippen LogP contribution in [-0.4, -0.2) is 94.1 Å². The quantitative estimate of drug-likeness (QED) is 0.134. The number of amides is 4. The number of aromatic amines is 2. The van der Waals surface area contributed by atoms with E-state index in [4.69, 9.17) is 0 Å².